The number of rotatable bonds is 5. The van der Waals surface area contributed by atoms with E-state index < -0.39 is 12.1 Å². The maximum atomic E-state index is 12.3. The fourth-order valence-electron chi connectivity index (χ4n) is 3.66. The molecular formula is C17H31N3O2. The van der Waals surface area contributed by atoms with Gasteiger partial charge in [-0.25, -0.2) is 0 Å². The van der Waals surface area contributed by atoms with E-state index in [1.807, 2.05) is 4.90 Å². The highest BCUT2D eigenvalue weighted by molar-refractivity contribution is 5.89. The summed E-state index contributed by atoms with van der Waals surface area (Å²) in [6.07, 6.45) is 10.2. The first-order valence-corrected chi connectivity index (χ1v) is 8.92. The molecule has 1 aliphatic heterocycles. The zero-order chi connectivity index (χ0) is 15.9. The van der Waals surface area contributed by atoms with Crippen molar-refractivity contribution in [3.63, 3.8) is 0 Å². The van der Waals surface area contributed by atoms with Crippen LogP contribution in [0.3, 0.4) is 0 Å². The van der Waals surface area contributed by atoms with Gasteiger partial charge in [0.15, 0.2) is 0 Å². The normalized spacial score (nSPS) is 22.9. The van der Waals surface area contributed by atoms with Crippen molar-refractivity contribution in [1.82, 2.24) is 10.2 Å². The largest absolute Gasteiger partial charge is 0.343 e. The van der Waals surface area contributed by atoms with Gasteiger partial charge in [-0.3, -0.25) is 9.59 Å². The summed E-state index contributed by atoms with van der Waals surface area (Å²) in [5.74, 6) is 0.420. The summed E-state index contributed by atoms with van der Waals surface area (Å²) in [6, 6.07) is -0.956. The summed E-state index contributed by atoms with van der Waals surface area (Å²) in [7, 11) is 0. The zero-order valence-electron chi connectivity index (χ0n) is 13.9. The second-order valence-corrected chi connectivity index (χ2v) is 6.96. The Labute approximate surface area is 134 Å². The molecule has 2 unspecified atom stereocenters. The second kappa shape index (κ2) is 8.51. The molecule has 0 aromatic rings. The van der Waals surface area contributed by atoms with E-state index in [0.29, 0.717) is 5.92 Å². The molecule has 5 nitrogen and oxygen atoms in total. The van der Waals surface area contributed by atoms with E-state index in [9.17, 15) is 9.59 Å². The minimum atomic E-state index is -0.486. The number of hydrogen-bond acceptors (Lipinski definition) is 3. The monoisotopic (exact) mass is 309 g/mol. The number of carbonyl (C=O) groups excluding carboxylic acids is 2. The highest BCUT2D eigenvalue weighted by atomic mass is 16.2. The molecule has 2 fully saturated rings. The fourth-order valence-corrected chi connectivity index (χ4v) is 3.66. The van der Waals surface area contributed by atoms with Crippen molar-refractivity contribution >= 4 is 11.8 Å². The fraction of sp³-hybridized carbons (Fsp3) is 0.882. The van der Waals surface area contributed by atoms with Gasteiger partial charge in [0.25, 0.3) is 0 Å². The first-order valence-electron chi connectivity index (χ1n) is 8.92. The van der Waals surface area contributed by atoms with Gasteiger partial charge in [0.1, 0.15) is 6.04 Å². The van der Waals surface area contributed by atoms with E-state index in [4.69, 9.17) is 5.73 Å². The third-order valence-electron chi connectivity index (χ3n) is 5.05. The van der Waals surface area contributed by atoms with Crippen LogP contribution in [0.1, 0.15) is 64.7 Å². The standard InChI is InChI=1S/C17H31N3O2/c1-13(17(22)20-10-6-3-7-11-20)19-16(21)15(18)12-14-8-4-2-5-9-14/h13-15H,2-12,18H2,1H3,(H,19,21). The van der Waals surface area contributed by atoms with Gasteiger partial charge in [-0.1, -0.05) is 32.1 Å². The lowest BCUT2D eigenvalue weighted by Gasteiger charge is -2.30. The van der Waals surface area contributed by atoms with Crippen molar-refractivity contribution in [2.45, 2.75) is 76.8 Å². The molecule has 0 aromatic carbocycles. The molecule has 22 heavy (non-hydrogen) atoms. The van der Waals surface area contributed by atoms with Crippen LogP contribution in [-0.2, 0) is 9.59 Å². The topological polar surface area (TPSA) is 75.4 Å². The minimum absolute atomic E-state index is 0.0258. The van der Waals surface area contributed by atoms with Crippen LogP contribution in [0.2, 0.25) is 0 Å². The van der Waals surface area contributed by atoms with Gasteiger partial charge in [-0.2, -0.15) is 0 Å². The minimum Gasteiger partial charge on any atom is -0.343 e. The molecule has 0 aromatic heterocycles. The van der Waals surface area contributed by atoms with Crippen LogP contribution in [0.5, 0.6) is 0 Å². The van der Waals surface area contributed by atoms with Crippen molar-refractivity contribution in [2.24, 2.45) is 11.7 Å². The molecule has 0 spiro atoms. The van der Waals surface area contributed by atoms with Crippen LogP contribution < -0.4 is 11.1 Å². The molecule has 1 saturated heterocycles. The molecule has 1 saturated carbocycles. The van der Waals surface area contributed by atoms with Gasteiger partial charge in [0.2, 0.25) is 11.8 Å². The van der Waals surface area contributed by atoms with Gasteiger partial charge in [-0.05, 0) is 38.5 Å². The highest BCUT2D eigenvalue weighted by Crippen LogP contribution is 2.26. The number of hydrogen-bond donors (Lipinski definition) is 2. The molecular weight excluding hydrogens is 278 g/mol. The van der Waals surface area contributed by atoms with E-state index in [1.54, 1.807) is 6.92 Å². The van der Waals surface area contributed by atoms with Crippen LogP contribution >= 0.6 is 0 Å². The number of nitrogens with zero attached hydrogens (tertiary/aromatic N) is 1. The molecule has 2 atom stereocenters. The molecule has 1 aliphatic carbocycles. The van der Waals surface area contributed by atoms with Gasteiger partial charge in [-0.15, -0.1) is 0 Å². The van der Waals surface area contributed by atoms with Crippen molar-refractivity contribution in [3.05, 3.63) is 0 Å². The summed E-state index contributed by atoms with van der Waals surface area (Å²) < 4.78 is 0. The van der Waals surface area contributed by atoms with Crippen LogP contribution in [0.4, 0.5) is 0 Å². The lowest BCUT2D eigenvalue weighted by Crippen LogP contribution is -2.52. The smallest absolute Gasteiger partial charge is 0.244 e. The molecule has 5 heteroatoms. The number of piperidine rings is 1. The summed E-state index contributed by atoms with van der Waals surface area (Å²) >= 11 is 0. The lowest BCUT2D eigenvalue weighted by atomic mass is 9.85. The Balaban J connectivity index is 1.75. The van der Waals surface area contributed by atoms with Gasteiger partial charge < -0.3 is 16.0 Å². The van der Waals surface area contributed by atoms with E-state index in [0.717, 1.165) is 32.4 Å². The van der Waals surface area contributed by atoms with Gasteiger partial charge in [0, 0.05) is 13.1 Å². The van der Waals surface area contributed by atoms with Crippen molar-refractivity contribution in [3.8, 4) is 0 Å². The first-order chi connectivity index (χ1) is 10.6. The maximum absolute atomic E-state index is 12.3. The Hall–Kier alpha value is -1.10. The predicted molar refractivity (Wildman–Crippen MR) is 87.2 cm³/mol. The zero-order valence-corrected chi connectivity index (χ0v) is 13.9. The maximum Gasteiger partial charge on any atom is 0.244 e. The summed E-state index contributed by atoms with van der Waals surface area (Å²) in [4.78, 5) is 26.4. The summed E-state index contributed by atoms with van der Waals surface area (Å²) in [6.45, 7) is 3.39. The molecule has 1 heterocycles. The van der Waals surface area contributed by atoms with Gasteiger partial charge in [0.05, 0.1) is 6.04 Å². The molecule has 126 valence electrons. The van der Waals surface area contributed by atoms with Crippen LogP contribution in [-0.4, -0.2) is 41.9 Å². The molecule has 0 bridgehead atoms. The third kappa shape index (κ3) is 4.97. The first kappa shape index (κ1) is 17.3. The Kier molecular flexibility index (Phi) is 6.68. The SMILES string of the molecule is CC(NC(=O)C(N)CC1CCCCC1)C(=O)N1CCCCC1. The molecule has 2 aliphatic rings. The Morgan fingerprint density at radius 2 is 1.68 bits per heavy atom. The predicted octanol–water partition coefficient (Wildman–Crippen LogP) is 1.80. The molecule has 2 rings (SSSR count). The van der Waals surface area contributed by atoms with Crippen LogP contribution in [0.15, 0.2) is 0 Å². The Morgan fingerprint density at radius 3 is 2.32 bits per heavy atom. The van der Waals surface area contributed by atoms with Gasteiger partial charge >= 0.3 is 0 Å². The van der Waals surface area contributed by atoms with Crippen LogP contribution in [0, 0.1) is 5.92 Å². The summed E-state index contributed by atoms with van der Waals surface area (Å²) in [5.41, 5.74) is 6.04. The van der Waals surface area contributed by atoms with Crippen molar-refractivity contribution in [2.75, 3.05) is 13.1 Å². The molecule has 3 N–H and O–H groups in total. The van der Waals surface area contributed by atoms with Crippen molar-refractivity contribution < 1.29 is 9.59 Å². The number of nitrogens with one attached hydrogen (secondary N) is 1. The van der Waals surface area contributed by atoms with E-state index in [-0.39, 0.29) is 11.8 Å². The van der Waals surface area contributed by atoms with E-state index >= 15 is 0 Å². The van der Waals surface area contributed by atoms with Crippen molar-refractivity contribution in [1.29, 1.82) is 0 Å². The highest BCUT2D eigenvalue weighted by Gasteiger charge is 2.26. The third-order valence-corrected chi connectivity index (χ3v) is 5.05. The Morgan fingerprint density at radius 1 is 1.09 bits per heavy atom. The lowest BCUT2D eigenvalue weighted by molar-refractivity contribution is -0.137. The van der Waals surface area contributed by atoms with E-state index in [1.165, 1.54) is 38.5 Å². The quantitative estimate of drug-likeness (QED) is 0.813. The summed E-state index contributed by atoms with van der Waals surface area (Å²) in [5, 5.41) is 2.81. The molecule has 0 radical (unpaired) electrons. The average molecular weight is 309 g/mol. The van der Waals surface area contributed by atoms with Crippen LogP contribution in [0.25, 0.3) is 0 Å². The number of nitrogens with two attached hydrogens (primary N) is 1. The molecule has 2 amide bonds. The Bertz CT molecular complexity index is 374. The number of likely N-dealkylation sites (tertiary alicyclic amines) is 1. The number of carbonyl (C=O) groups is 2. The van der Waals surface area contributed by atoms with E-state index in [2.05, 4.69) is 5.32 Å². The number of amides is 2. The second-order valence-electron chi connectivity index (χ2n) is 6.96. The average Bonchev–Trinajstić information content (AvgIpc) is 2.55.